The van der Waals surface area contributed by atoms with Crippen LogP contribution in [0.4, 0.5) is 0 Å². The highest BCUT2D eigenvalue weighted by Gasteiger charge is 2.38. The number of amides is 14. The summed E-state index contributed by atoms with van der Waals surface area (Å²) >= 11 is 12.4. The Morgan fingerprint density at radius 1 is 0.343 bits per heavy atom. The monoisotopic (exact) mass is 1510 g/mol. The molecule has 40 heteroatoms. The van der Waals surface area contributed by atoms with Crippen molar-refractivity contribution in [2.45, 2.75) is 219 Å². The van der Waals surface area contributed by atoms with Crippen molar-refractivity contribution < 1.29 is 107 Å². The lowest BCUT2D eigenvalue weighted by Gasteiger charge is -2.29. The lowest BCUT2D eigenvalue weighted by Crippen LogP contribution is -2.61. The molecule has 0 rings (SSSR count). The summed E-state index contributed by atoms with van der Waals surface area (Å²) in [4.78, 5) is 234. The van der Waals surface area contributed by atoms with Crippen molar-refractivity contribution in [3.05, 3.63) is 0 Å². The third-order valence-electron chi connectivity index (χ3n) is 15.5. The zero-order valence-corrected chi connectivity index (χ0v) is 61.7. The van der Waals surface area contributed by atoms with E-state index in [0.29, 0.717) is 0 Å². The minimum Gasteiger partial charge on any atom is -0.481 e. The standard InChI is InChI=1S/C62H105N15O22S3/c1-11-31(9)49(76-59(95)42(27-102)75-61(97)50(32(10)12-2)77-55(91)36(15-18-48(85)86)71-57(93)40(25-100)73-53(89)34(13-16-46(81)82)69-51(87)33(63)19-28(3)4)60(96)66-24-45(80)67-37(20-29(5)6)52(88)65-23-44(79)68-38(21-30(7)8)56(92)70-35(14-17-47(83)84)54(90)74-41(26-101)58(94)72-39(62(98)99)22-43(64)78/h28-42,49-50,100-102H,11-27,63H2,1-10H3,(H2,64,78)(H,65,88)(H,66,96)(H,67,80)(H,68,79)(H,69,87)(H,70,92)(H,71,93)(H,72,94)(H,73,89)(H,74,90)(H,75,97)(H,76,95)(H,77,91)(H,81,82)(H,83,84)(H,85,86)(H,98,99)/t31-,32-,33-,34-,35-,36-,37-,38-,39-,40-,41-,42-,49-,50-/m0/s1. The number of nitrogens with two attached hydrogens (primary N) is 2. The van der Waals surface area contributed by atoms with Crippen LogP contribution in [0, 0.1) is 29.6 Å². The highest BCUT2D eigenvalue weighted by Crippen LogP contribution is 2.15. The molecule has 0 aromatic heterocycles. The molecule has 37 nitrogen and oxygen atoms in total. The Morgan fingerprint density at radius 3 is 0.961 bits per heavy atom. The third-order valence-corrected chi connectivity index (χ3v) is 16.6. The van der Waals surface area contributed by atoms with Crippen LogP contribution in [-0.2, 0) is 86.3 Å². The van der Waals surface area contributed by atoms with Gasteiger partial charge in [-0.05, 0) is 68.1 Å². The van der Waals surface area contributed by atoms with E-state index in [-0.39, 0.29) is 55.6 Å². The molecule has 0 heterocycles. The van der Waals surface area contributed by atoms with Gasteiger partial charge in [-0.3, -0.25) is 81.5 Å². The van der Waals surface area contributed by atoms with E-state index in [1.54, 1.807) is 69.2 Å². The first-order valence-corrected chi connectivity index (χ1v) is 35.1. The number of hydrogen-bond donors (Lipinski definition) is 22. The molecule has 0 unspecified atom stereocenters. The predicted molar refractivity (Wildman–Crippen MR) is 376 cm³/mol. The molecule has 0 aromatic carbocycles. The lowest BCUT2D eigenvalue weighted by molar-refractivity contribution is -0.143. The molecule has 102 heavy (non-hydrogen) atoms. The molecule has 0 aliphatic rings. The first kappa shape index (κ1) is 93.5. The molecule has 0 aliphatic carbocycles. The summed E-state index contributed by atoms with van der Waals surface area (Å²) in [5, 5.41) is 68.8. The Balaban J connectivity index is 6.36. The largest absolute Gasteiger partial charge is 0.481 e. The number of carbonyl (C=O) groups is 18. The van der Waals surface area contributed by atoms with Crippen molar-refractivity contribution in [1.82, 2.24) is 69.1 Å². The van der Waals surface area contributed by atoms with Gasteiger partial charge in [0.1, 0.15) is 66.5 Å². The minimum absolute atomic E-state index is 0.00204. The number of carboxylic acids is 4. The van der Waals surface area contributed by atoms with E-state index in [1.807, 2.05) is 5.32 Å². The molecular weight excluding hydrogens is 1400 g/mol. The quantitative estimate of drug-likeness (QED) is 0.0255. The summed E-state index contributed by atoms with van der Waals surface area (Å²) in [7, 11) is 0. The topological polar surface area (TPSA) is 597 Å². The maximum Gasteiger partial charge on any atom is 0.326 e. The third kappa shape index (κ3) is 36.9. The molecule has 21 N–H and O–H groups in total. The number of carbonyl (C=O) groups excluding carboxylic acids is 14. The molecule has 14 atom stereocenters. The maximum absolute atomic E-state index is 14.1. The van der Waals surface area contributed by atoms with Crippen molar-refractivity contribution >= 4 is 144 Å². The molecular formula is C62H105N15O22S3. The van der Waals surface area contributed by atoms with Gasteiger partial charge in [0.15, 0.2) is 0 Å². The number of carboxylic acid groups (broad SMARTS) is 4. The highest BCUT2D eigenvalue weighted by molar-refractivity contribution is 7.80. The van der Waals surface area contributed by atoms with Crippen LogP contribution in [0.25, 0.3) is 0 Å². The van der Waals surface area contributed by atoms with Crippen molar-refractivity contribution in [1.29, 1.82) is 0 Å². The molecule has 14 amide bonds. The first-order valence-electron chi connectivity index (χ1n) is 33.2. The van der Waals surface area contributed by atoms with Crippen LogP contribution in [0.15, 0.2) is 0 Å². The normalized spacial score (nSPS) is 15.3. The Labute approximate surface area is 607 Å². The van der Waals surface area contributed by atoms with E-state index < -0.39 is 260 Å². The van der Waals surface area contributed by atoms with Crippen LogP contribution in [0.3, 0.4) is 0 Å². The minimum atomic E-state index is -1.78. The number of thiol groups is 3. The molecule has 0 bridgehead atoms. The zero-order chi connectivity index (χ0) is 78.4. The summed E-state index contributed by atoms with van der Waals surface area (Å²) in [6.45, 7) is 15.4. The van der Waals surface area contributed by atoms with E-state index in [0.717, 1.165) is 0 Å². The fourth-order valence-electron chi connectivity index (χ4n) is 9.49. The number of nitrogens with one attached hydrogen (secondary N) is 13. The van der Waals surface area contributed by atoms with Crippen LogP contribution in [-0.4, -0.2) is 230 Å². The van der Waals surface area contributed by atoms with Gasteiger partial charge in [0.05, 0.1) is 25.6 Å². The summed E-state index contributed by atoms with van der Waals surface area (Å²) < 4.78 is 0. The van der Waals surface area contributed by atoms with Gasteiger partial charge >= 0.3 is 23.9 Å². The molecule has 0 radical (unpaired) electrons. The van der Waals surface area contributed by atoms with Gasteiger partial charge in [-0.2, -0.15) is 37.9 Å². The van der Waals surface area contributed by atoms with E-state index in [1.165, 1.54) is 0 Å². The lowest BCUT2D eigenvalue weighted by atomic mass is 9.96. The Morgan fingerprint density at radius 2 is 0.627 bits per heavy atom. The number of aliphatic carboxylic acids is 4. The number of rotatable bonds is 51. The van der Waals surface area contributed by atoms with E-state index in [4.69, 9.17) is 11.5 Å². The number of hydrogen-bond acceptors (Lipinski definition) is 22. The average Bonchev–Trinajstić information content (AvgIpc) is 0.858. The zero-order valence-electron chi connectivity index (χ0n) is 59.0. The average molecular weight is 1510 g/mol. The molecule has 0 saturated carbocycles. The van der Waals surface area contributed by atoms with Gasteiger partial charge in [0.2, 0.25) is 82.7 Å². The fraction of sp³-hybridized carbons (Fsp3) is 0.710. The molecule has 0 fully saturated rings. The van der Waals surface area contributed by atoms with Crippen molar-refractivity contribution in [2.24, 2.45) is 41.1 Å². The first-order chi connectivity index (χ1) is 47.5. The van der Waals surface area contributed by atoms with Crippen molar-refractivity contribution in [3.63, 3.8) is 0 Å². The van der Waals surface area contributed by atoms with Crippen LogP contribution in [0.1, 0.15) is 146 Å². The van der Waals surface area contributed by atoms with Gasteiger partial charge in [0, 0.05) is 36.5 Å². The summed E-state index contributed by atoms with van der Waals surface area (Å²) in [6, 6.07) is -17.9. The second-order valence-corrected chi connectivity index (χ2v) is 26.8. The van der Waals surface area contributed by atoms with Crippen LogP contribution in [0.2, 0.25) is 0 Å². The second-order valence-electron chi connectivity index (χ2n) is 25.7. The number of primary amides is 1. The summed E-state index contributed by atoms with van der Waals surface area (Å²) in [5.41, 5.74) is 11.0. The SMILES string of the molecule is CC[C@H](C)[C@H](NC(=O)[C@H](CS)NC(=O)[C@@H](NC(=O)[C@H](CCC(=O)O)NC(=O)[C@H](CS)NC(=O)[C@H](CCC(=O)O)NC(=O)[C@@H](N)CC(C)C)[C@@H](C)CC)C(=O)NCC(=O)N[C@@H](CC(C)C)C(=O)NCC(=O)N[C@@H](CC(C)C)C(=O)N[C@@H](CCC(=O)O)C(=O)N[C@@H](CS)C(=O)N[C@@H](CC(N)=O)C(=O)O. The van der Waals surface area contributed by atoms with Gasteiger partial charge in [-0.1, -0.05) is 82.1 Å². The molecule has 0 aliphatic heterocycles. The van der Waals surface area contributed by atoms with E-state index in [9.17, 15) is 107 Å². The Kier molecular flexibility index (Phi) is 44.3. The van der Waals surface area contributed by atoms with Gasteiger partial charge < -0.3 is 101 Å². The fourth-order valence-corrected chi connectivity index (χ4v) is 10.3. The molecule has 578 valence electrons. The predicted octanol–water partition coefficient (Wildman–Crippen LogP) is -4.55. The van der Waals surface area contributed by atoms with Gasteiger partial charge in [0.25, 0.3) is 0 Å². The molecule has 0 saturated heterocycles. The highest BCUT2D eigenvalue weighted by atomic mass is 32.1. The summed E-state index contributed by atoms with van der Waals surface area (Å²) in [5.74, 6) is -22.5. The second kappa shape index (κ2) is 48.4. The van der Waals surface area contributed by atoms with E-state index >= 15 is 0 Å². The molecule has 0 aromatic rings. The van der Waals surface area contributed by atoms with Crippen molar-refractivity contribution in [3.8, 4) is 0 Å². The Hall–Kier alpha value is -8.53. The van der Waals surface area contributed by atoms with Crippen LogP contribution in [0.5, 0.6) is 0 Å². The van der Waals surface area contributed by atoms with E-state index in [2.05, 4.69) is 102 Å². The van der Waals surface area contributed by atoms with Gasteiger partial charge in [-0.25, -0.2) is 4.79 Å². The van der Waals surface area contributed by atoms with Gasteiger partial charge in [-0.15, -0.1) is 0 Å². The Bertz CT molecular complexity index is 2930. The summed E-state index contributed by atoms with van der Waals surface area (Å²) in [6.07, 6.45) is -3.56. The van der Waals surface area contributed by atoms with Crippen LogP contribution < -0.4 is 80.6 Å². The van der Waals surface area contributed by atoms with Crippen LogP contribution >= 0.6 is 37.9 Å². The smallest absolute Gasteiger partial charge is 0.326 e. The molecule has 0 spiro atoms. The maximum atomic E-state index is 14.1. The van der Waals surface area contributed by atoms with Crippen molar-refractivity contribution in [2.75, 3.05) is 30.3 Å².